The van der Waals surface area contributed by atoms with Gasteiger partial charge in [-0.15, -0.1) is 0 Å². The van der Waals surface area contributed by atoms with Crippen molar-refractivity contribution in [2.75, 3.05) is 0 Å². The van der Waals surface area contributed by atoms with Crippen molar-refractivity contribution in [1.29, 1.82) is 0 Å². The van der Waals surface area contributed by atoms with Crippen LogP contribution in [0, 0.1) is 10.1 Å². The summed E-state index contributed by atoms with van der Waals surface area (Å²) in [7, 11) is 0. The number of nitro benzene ring substituents is 1. The molecule has 0 aromatic heterocycles. The van der Waals surface area contributed by atoms with Crippen LogP contribution < -0.4 is 29.6 Å². The zero-order valence-corrected chi connectivity index (χ0v) is 9.61. The normalized spacial score (nSPS) is 11.5. The Labute approximate surface area is 98.9 Å². The van der Waals surface area contributed by atoms with Gasteiger partial charge in [-0.3, -0.25) is 14.3 Å². The second-order valence-electron chi connectivity index (χ2n) is 1.96. The molecule has 0 heterocycles. The van der Waals surface area contributed by atoms with Crippen LogP contribution in [0.4, 0.5) is 5.69 Å². The molecule has 64 valence electrons. The SMILES string of the molecule is O=[N+]([O-])c1ccccc1S(=O)[O-].[Na+]. The van der Waals surface area contributed by atoms with Gasteiger partial charge in [-0.25, -0.2) is 0 Å². The minimum Gasteiger partial charge on any atom is -0.768 e. The Morgan fingerprint density at radius 3 is 2.23 bits per heavy atom. The maximum absolute atomic E-state index is 10.4. The average molecular weight is 209 g/mol. The van der Waals surface area contributed by atoms with Gasteiger partial charge in [0.25, 0.3) is 5.69 Å². The molecule has 1 atom stereocenters. The Morgan fingerprint density at radius 2 is 1.85 bits per heavy atom. The van der Waals surface area contributed by atoms with Crippen LogP contribution in [0.1, 0.15) is 0 Å². The van der Waals surface area contributed by atoms with Crippen LogP contribution in [-0.4, -0.2) is 13.7 Å². The van der Waals surface area contributed by atoms with Gasteiger partial charge < -0.3 is 4.55 Å². The summed E-state index contributed by atoms with van der Waals surface area (Å²) in [6.07, 6.45) is 0. The summed E-state index contributed by atoms with van der Waals surface area (Å²) in [5, 5.41) is 10.3. The van der Waals surface area contributed by atoms with Crippen LogP contribution in [0.25, 0.3) is 0 Å². The van der Waals surface area contributed by atoms with Crippen molar-refractivity contribution in [3.05, 3.63) is 34.4 Å². The summed E-state index contributed by atoms with van der Waals surface area (Å²) < 4.78 is 20.8. The third-order valence-corrected chi connectivity index (χ3v) is 1.95. The van der Waals surface area contributed by atoms with E-state index in [1.165, 1.54) is 18.2 Å². The summed E-state index contributed by atoms with van der Waals surface area (Å²) in [6.45, 7) is 0. The molecule has 0 radical (unpaired) electrons. The number of hydrogen-bond acceptors (Lipinski definition) is 4. The van der Waals surface area contributed by atoms with Gasteiger partial charge in [-0.2, -0.15) is 0 Å². The third-order valence-electron chi connectivity index (χ3n) is 1.24. The van der Waals surface area contributed by atoms with E-state index in [0.29, 0.717) is 0 Å². The molecule has 0 N–H and O–H groups in total. The Kier molecular flexibility index (Phi) is 5.34. The first-order valence-electron chi connectivity index (χ1n) is 2.95. The number of benzene rings is 1. The minimum atomic E-state index is -2.55. The van der Waals surface area contributed by atoms with E-state index in [4.69, 9.17) is 0 Å². The maximum atomic E-state index is 10.4. The summed E-state index contributed by atoms with van der Waals surface area (Å²) in [5.74, 6) is 0. The molecule has 0 spiro atoms. The molecule has 13 heavy (non-hydrogen) atoms. The fraction of sp³-hybridized carbons (Fsp3) is 0. The number of rotatable bonds is 2. The Bertz CT molecular complexity index is 310. The predicted octanol–water partition coefficient (Wildman–Crippen LogP) is -2.16. The zero-order chi connectivity index (χ0) is 9.14. The number of nitro groups is 1. The Hall–Kier alpha value is -0.270. The topological polar surface area (TPSA) is 83.3 Å². The van der Waals surface area contributed by atoms with E-state index in [9.17, 15) is 18.9 Å². The van der Waals surface area contributed by atoms with Gasteiger partial charge in [0, 0.05) is 6.07 Å². The van der Waals surface area contributed by atoms with Crippen molar-refractivity contribution in [3.63, 3.8) is 0 Å². The quantitative estimate of drug-likeness (QED) is 0.240. The van der Waals surface area contributed by atoms with E-state index in [2.05, 4.69) is 0 Å². The van der Waals surface area contributed by atoms with Crippen LogP contribution >= 0.6 is 0 Å². The molecular weight excluding hydrogens is 205 g/mol. The first-order chi connectivity index (χ1) is 5.63. The van der Waals surface area contributed by atoms with Crippen molar-refractivity contribution in [2.45, 2.75) is 4.90 Å². The molecule has 0 fully saturated rings. The summed E-state index contributed by atoms with van der Waals surface area (Å²) >= 11 is -2.55. The number of hydrogen-bond donors (Lipinski definition) is 0. The van der Waals surface area contributed by atoms with Gasteiger partial charge in [0.05, 0.1) is 4.92 Å². The van der Waals surface area contributed by atoms with Gasteiger partial charge >= 0.3 is 29.6 Å². The monoisotopic (exact) mass is 209 g/mol. The average Bonchev–Trinajstić information content (AvgIpc) is 2.04. The molecule has 0 saturated carbocycles. The second-order valence-corrected chi connectivity index (χ2v) is 2.87. The maximum Gasteiger partial charge on any atom is 1.00 e. The summed E-state index contributed by atoms with van der Waals surface area (Å²) in [4.78, 5) is 9.24. The van der Waals surface area contributed by atoms with E-state index in [1.807, 2.05) is 0 Å². The van der Waals surface area contributed by atoms with Crippen LogP contribution in [0.2, 0.25) is 0 Å². The third kappa shape index (κ3) is 3.17. The smallest absolute Gasteiger partial charge is 0.768 e. The molecule has 0 saturated heterocycles. The van der Waals surface area contributed by atoms with Gasteiger partial charge in [-0.05, 0) is 17.1 Å². The molecular formula is C6H4NNaO4S. The molecule has 0 aliphatic rings. The van der Waals surface area contributed by atoms with E-state index in [1.54, 1.807) is 0 Å². The first kappa shape index (κ1) is 12.7. The van der Waals surface area contributed by atoms with E-state index >= 15 is 0 Å². The van der Waals surface area contributed by atoms with Crippen molar-refractivity contribution in [1.82, 2.24) is 0 Å². The molecule has 1 aromatic rings. The zero-order valence-electron chi connectivity index (χ0n) is 6.80. The van der Waals surface area contributed by atoms with Crippen molar-refractivity contribution < 1.29 is 43.2 Å². The number of nitrogens with zero attached hydrogens (tertiary/aromatic N) is 1. The molecule has 0 amide bonds. The molecule has 7 heteroatoms. The standard InChI is InChI=1S/C6H5NO4S.Na/c8-7(9)5-3-1-2-4-6(5)12(10)11;/h1-4H,(H,10,11);/q;+1/p-1. The van der Waals surface area contributed by atoms with Crippen LogP contribution in [0.5, 0.6) is 0 Å². The van der Waals surface area contributed by atoms with Crippen molar-refractivity contribution in [3.8, 4) is 0 Å². The molecule has 0 aliphatic carbocycles. The Balaban J connectivity index is 0.00000144. The van der Waals surface area contributed by atoms with Crippen LogP contribution in [0.3, 0.4) is 0 Å². The van der Waals surface area contributed by atoms with Crippen LogP contribution in [-0.2, 0) is 11.1 Å². The predicted molar refractivity (Wildman–Crippen MR) is 40.3 cm³/mol. The molecule has 0 bridgehead atoms. The fourth-order valence-corrected chi connectivity index (χ4v) is 1.25. The molecule has 1 rings (SSSR count). The van der Waals surface area contributed by atoms with Gasteiger partial charge in [0.1, 0.15) is 4.90 Å². The van der Waals surface area contributed by atoms with Crippen molar-refractivity contribution >= 4 is 16.8 Å². The minimum absolute atomic E-state index is 0. The second kappa shape index (κ2) is 5.46. The molecule has 0 aliphatic heterocycles. The largest absolute Gasteiger partial charge is 1.00 e. The number of para-hydroxylation sites is 1. The molecule has 1 unspecified atom stereocenters. The fourth-order valence-electron chi connectivity index (χ4n) is 0.749. The van der Waals surface area contributed by atoms with Gasteiger partial charge in [0.15, 0.2) is 0 Å². The Morgan fingerprint density at radius 1 is 1.31 bits per heavy atom. The van der Waals surface area contributed by atoms with E-state index in [-0.39, 0.29) is 34.5 Å². The first-order valence-corrected chi connectivity index (χ1v) is 4.03. The van der Waals surface area contributed by atoms with E-state index in [0.717, 1.165) is 6.07 Å². The summed E-state index contributed by atoms with van der Waals surface area (Å²) in [6, 6.07) is 5.17. The van der Waals surface area contributed by atoms with Gasteiger partial charge in [0.2, 0.25) is 0 Å². The molecule has 5 nitrogen and oxygen atoms in total. The molecule has 1 aromatic carbocycles. The van der Waals surface area contributed by atoms with Crippen molar-refractivity contribution in [2.24, 2.45) is 0 Å². The van der Waals surface area contributed by atoms with Gasteiger partial charge in [-0.1, -0.05) is 12.1 Å². The van der Waals surface area contributed by atoms with Crippen LogP contribution in [0.15, 0.2) is 29.2 Å². The summed E-state index contributed by atoms with van der Waals surface area (Å²) in [5.41, 5.74) is -0.397. The van der Waals surface area contributed by atoms with E-state index < -0.39 is 21.7 Å².